The molecule has 0 radical (unpaired) electrons. The topological polar surface area (TPSA) is 38.4 Å². The number of fused-ring (bicyclic) bond motifs is 1. The number of aryl methyl sites for hydroxylation is 1. The number of benzene rings is 1. The number of thioether (sulfide) groups is 1. The molecule has 0 aliphatic carbocycles. The largest absolute Gasteiger partial charge is 0.386 e. The Bertz CT molecular complexity index is 344. The van der Waals surface area contributed by atoms with Crippen molar-refractivity contribution in [1.29, 1.82) is 0 Å². The molecule has 0 unspecified atom stereocenters. The van der Waals surface area contributed by atoms with Gasteiger partial charge in [0, 0.05) is 4.90 Å². The zero-order chi connectivity index (χ0) is 8.55. The summed E-state index contributed by atoms with van der Waals surface area (Å²) in [7, 11) is 0. The quantitative estimate of drug-likeness (QED) is 0.660. The molecule has 0 saturated carbocycles. The number of hydrogen-bond donors (Lipinski definition) is 1. The van der Waals surface area contributed by atoms with Crippen LogP contribution in [-0.2, 0) is 0 Å². The summed E-state index contributed by atoms with van der Waals surface area (Å²) in [6.07, 6.45) is 0. The Balaban J connectivity index is 2.59. The number of rotatable bonds is 0. The third-order valence-electron chi connectivity index (χ3n) is 1.83. The fourth-order valence-electron chi connectivity index (χ4n) is 1.22. The van der Waals surface area contributed by atoms with Crippen LogP contribution in [0.1, 0.15) is 5.56 Å². The van der Waals surface area contributed by atoms with Gasteiger partial charge in [0.2, 0.25) is 0 Å². The highest BCUT2D eigenvalue weighted by molar-refractivity contribution is 8.00. The van der Waals surface area contributed by atoms with Gasteiger partial charge in [0.15, 0.2) is 0 Å². The average molecular weight is 178 g/mol. The van der Waals surface area contributed by atoms with Crippen molar-refractivity contribution in [3.63, 3.8) is 0 Å². The van der Waals surface area contributed by atoms with Gasteiger partial charge in [0.25, 0.3) is 0 Å². The SMILES string of the molecule is Cc1cccc2c1N=C(N)CS2. The molecule has 0 atom stereocenters. The predicted octanol–water partition coefficient (Wildman–Crippen LogP) is 2.09. The van der Waals surface area contributed by atoms with Gasteiger partial charge in [0.1, 0.15) is 5.84 Å². The summed E-state index contributed by atoms with van der Waals surface area (Å²) >= 11 is 1.76. The fourth-order valence-corrected chi connectivity index (χ4v) is 2.11. The van der Waals surface area contributed by atoms with Crippen LogP contribution in [0.15, 0.2) is 28.1 Å². The first-order valence-electron chi connectivity index (χ1n) is 3.83. The van der Waals surface area contributed by atoms with Crippen molar-refractivity contribution in [2.75, 3.05) is 5.75 Å². The third-order valence-corrected chi connectivity index (χ3v) is 2.91. The summed E-state index contributed by atoms with van der Waals surface area (Å²) in [5.74, 6) is 1.54. The van der Waals surface area contributed by atoms with Crippen LogP contribution in [-0.4, -0.2) is 11.6 Å². The Morgan fingerprint density at radius 2 is 2.33 bits per heavy atom. The van der Waals surface area contributed by atoms with Crippen LogP contribution in [0.4, 0.5) is 5.69 Å². The van der Waals surface area contributed by atoms with E-state index in [4.69, 9.17) is 5.73 Å². The zero-order valence-electron chi connectivity index (χ0n) is 6.87. The molecule has 0 fully saturated rings. The number of para-hydroxylation sites is 1. The normalized spacial score (nSPS) is 15.2. The molecular weight excluding hydrogens is 168 g/mol. The molecule has 1 aromatic carbocycles. The van der Waals surface area contributed by atoms with Crippen LogP contribution in [0.5, 0.6) is 0 Å². The van der Waals surface area contributed by atoms with E-state index >= 15 is 0 Å². The van der Waals surface area contributed by atoms with Crippen molar-refractivity contribution in [1.82, 2.24) is 0 Å². The van der Waals surface area contributed by atoms with Crippen molar-refractivity contribution in [3.8, 4) is 0 Å². The highest BCUT2D eigenvalue weighted by atomic mass is 32.2. The highest BCUT2D eigenvalue weighted by Gasteiger charge is 2.11. The minimum Gasteiger partial charge on any atom is -0.386 e. The maximum Gasteiger partial charge on any atom is 0.110 e. The van der Waals surface area contributed by atoms with Crippen LogP contribution < -0.4 is 5.73 Å². The van der Waals surface area contributed by atoms with Gasteiger partial charge in [0.05, 0.1) is 11.4 Å². The van der Waals surface area contributed by atoms with E-state index in [2.05, 4.69) is 30.1 Å². The molecule has 3 heteroatoms. The van der Waals surface area contributed by atoms with Crippen LogP contribution in [0.2, 0.25) is 0 Å². The number of nitrogens with zero attached hydrogens (tertiary/aromatic N) is 1. The fraction of sp³-hybridized carbons (Fsp3) is 0.222. The number of hydrogen-bond acceptors (Lipinski definition) is 3. The lowest BCUT2D eigenvalue weighted by Crippen LogP contribution is -2.16. The molecule has 0 aromatic heterocycles. The van der Waals surface area contributed by atoms with Crippen molar-refractivity contribution >= 4 is 23.3 Å². The van der Waals surface area contributed by atoms with Gasteiger partial charge in [-0.1, -0.05) is 12.1 Å². The van der Waals surface area contributed by atoms with E-state index in [9.17, 15) is 0 Å². The summed E-state index contributed by atoms with van der Waals surface area (Å²) in [4.78, 5) is 5.56. The Morgan fingerprint density at radius 3 is 3.17 bits per heavy atom. The van der Waals surface area contributed by atoms with Gasteiger partial charge in [-0.15, -0.1) is 11.8 Å². The number of amidine groups is 1. The van der Waals surface area contributed by atoms with Gasteiger partial charge in [-0.2, -0.15) is 0 Å². The minimum atomic E-state index is 0.724. The summed E-state index contributed by atoms with van der Waals surface area (Å²) in [6.45, 7) is 2.06. The first kappa shape index (κ1) is 7.68. The van der Waals surface area contributed by atoms with Crippen molar-refractivity contribution in [3.05, 3.63) is 23.8 Å². The van der Waals surface area contributed by atoms with Crippen molar-refractivity contribution < 1.29 is 0 Å². The van der Waals surface area contributed by atoms with Crippen LogP contribution >= 0.6 is 11.8 Å². The first-order chi connectivity index (χ1) is 5.77. The molecule has 0 bridgehead atoms. The minimum absolute atomic E-state index is 0.724. The van der Waals surface area contributed by atoms with Crippen LogP contribution in [0.25, 0.3) is 0 Å². The molecule has 1 heterocycles. The molecule has 2 N–H and O–H groups in total. The second-order valence-electron chi connectivity index (χ2n) is 2.81. The zero-order valence-corrected chi connectivity index (χ0v) is 7.69. The van der Waals surface area contributed by atoms with Gasteiger partial charge in [-0.25, -0.2) is 4.99 Å². The van der Waals surface area contributed by atoms with Gasteiger partial charge in [-0.05, 0) is 18.6 Å². The molecule has 1 aromatic rings. The smallest absolute Gasteiger partial charge is 0.110 e. The van der Waals surface area contributed by atoms with Crippen molar-refractivity contribution in [2.45, 2.75) is 11.8 Å². The summed E-state index contributed by atoms with van der Waals surface area (Å²) < 4.78 is 0. The second-order valence-corrected chi connectivity index (χ2v) is 3.83. The van der Waals surface area contributed by atoms with E-state index in [1.807, 2.05) is 0 Å². The molecule has 0 spiro atoms. The Labute approximate surface area is 75.9 Å². The van der Waals surface area contributed by atoms with E-state index < -0.39 is 0 Å². The molecule has 1 aliphatic heterocycles. The lowest BCUT2D eigenvalue weighted by molar-refractivity contribution is 1.27. The maximum atomic E-state index is 5.65. The second kappa shape index (κ2) is 2.83. The van der Waals surface area contributed by atoms with Crippen LogP contribution in [0.3, 0.4) is 0 Å². The third kappa shape index (κ3) is 1.20. The average Bonchev–Trinajstić information content (AvgIpc) is 2.07. The molecule has 62 valence electrons. The van der Waals surface area contributed by atoms with E-state index in [0.29, 0.717) is 0 Å². The molecular formula is C9H10N2S. The van der Waals surface area contributed by atoms with Gasteiger partial charge >= 0.3 is 0 Å². The van der Waals surface area contributed by atoms with E-state index in [1.165, 1.54) is 10.5 Å². The lowest BCUT2D eigenvalue weighted by Gasteiger charge is -2.13. The van der Waals surface area contributed by atoms with Gasteiger partial charge in [-0.3, -0.25) is 0 Å². The molecule has 1 aliphatic rings. The number of nitrogens with two attached hydrogens (primary N) is 1. The highest BCUT2D eigenvalue weighted by Crippen LogP contribution is 2.35. The Hall–Kier alpha value is -0.960. The molecule has 0 amide bonds. The lowest BCUT2D eigenvalue weighted by atomic mass is 10.2. The Morgan fingerprint density at radius 1 is 1.50 bits per heavy atom. The standard InChI is InChI=1S/C9H10N2S/c1-6-3-2-4-7-9(6)11-8(10)5-12-7/h2-4H,5H2,1H3,(H2,10,11). The van der Waals surface area contributed by atoms with E-state index in [0.717, 1.165) is 17.3 Å². The van der Waals surface area contributed by atoms with E-state index in [-0.39, 0.29) is 0 Å². The predicted molar refractivity (Wildman–Crippen MR) is 53.2 cm³/mol. The van der Waals surface area contributed by atoms with Gasteiger partial charge < -0.3 is 5.73 Å². The summed E-state index contributed by atoms with van der Waals surface area (Å²) in [5.41, 5.74) is 7.89. The molecule has 0 saturated heterocycles. The Kier molecular flexibility index (Phi) is 1.81. The maximum absolute atomic E-state index is 5.65. The summed E-state index contributed by atoms with van der Waals surface area (Å²) in [6, 6.07) is 6.20. The first-order valence-corrected chi connectivity index (χ1v) is 4.81. The summed E-state index contributed by atoms with van der Waals surface area (Å²) in [5, 5.41) is 0. The molecule has 2 rings (SSSR count). The van der Waals surface area contributed by atoms with Crippen molar-refractivity contribution in [2.24, 2.45) is 10.7 Å². The van der Waals surface area contributed by atoms with E-state index in [1.54, 1.807) is 11.8 Å². The van der Waals surface area contributed by atoms with Crippen LogP contribution in [0, 0.1) is 6.92 Å². The molecule has 2 nitrogen and oxygen atoms in total. The number of aliphatic imine (C=N–C) groups is 1. The monoisotopic (exact) mass is 178 g/mol. The molecule has 12 heavy (non-hydrogen) atoms.